The number of amides is 1. The van der Waals surface area contributed by atoms with Crippen LogP contribution < -0.4 is 5.32 Å². The van der Waals surface area contributed by atoms with E-state index in [1.54, 1.807) is 18.5 Å². The molecule has 0 unspecified atom stereocenters. The van der Waals surface area contributed by atoms with Gasteiger partial charge in [-0.3, -0.25) is 4.79 Å². The molecule has 0 fully saturated rings. The van der Waals surface area contributed by atoms with Crippen molar-refractivity contribution in [2.24, 2.45) is 0 Å². The number of H-pyrrole nitrogens is 1. The van der Waals surface area contributed by atoms with Gasteiger partial charge in [0.25, 0.3) is 5.91 Å². The fourth-order valence-electron chi connectivity index (χ4n) is 1.49. The third-order valence-electron chi connectivity index (χ3n) is 2.62. The maximum Gasteiger partial charge on any atom is 0.257 e. The molecule has 0 saturated carbocycles. The van der Waals surface area contributed by atoms with Crippen LogP contribution in [0.5, 0.6) is 0 Å². The van der Waals surface area contributed by atoms with E-state index in [1.165, 1.54) is 11.1 Å². The van der Waals surface area contributed by atoms with Gasteiger partial charge in [0.1, 0.15) is 0 Å². The molecule has 0 aliphatic carbocycles. The van der Waals surface area contributed by atoms with E-state index in [9.17, 15) is 4.79 Å². The molecule has 0 aliphatic heterocycles. The molecule has 0 atom stereocenters. The molecule has 2 rings (SSSR count). The van der Waals surface area contributed by atoms with Crippen LogP contribution in [0.15, 0.2) is 36.7 Å². The van der Waals surface area contributed by atoms with E-state index < -0.39 is 0 Å². The topological polar surface area (TPSA) is 44.9 Å². The molecule has 2 N–H and O–H groups in total. The average molecular weight is 214 g/mol. The number of nitrogens with one attached hydrogen (secondary N) is 2. The number of rotatable bonds is 2. The third kappa shape index (κ3) is 2.14. The minimum absolute atomic E-state index is 0.0931. The van der Waals surface area contributed by atoms with Gasteiger partial charge in [0.2, 0.25) is 0 Å². The lowest BCUT2D eigenvalue weighted by Gasteiger charge is -2.06. The zero-order chi connectivity index (χ0) is 11.5. The molecule has 1 aromatic heterocycles. The van der Waals surface area contributed by atoms with Crippen molar-refractivity contribution in [2.45, 2.75) is 13.8 Å². The van der Waals surface area contributed by atoms with Crippen LogP contribution >= 0.6 is 0 Å². The van der Waals surface area contributed by atoms with Crippen LogP contribution in [0.4, 0.5) is 5.69 Å². The molecule has 0 radical (unpaired) electrons. The van der Waals surface area contributed by atoms with Crippen molar-refractivity contribution in [1.82, 2.24) is 4.98 Å². The van der Waals surface area contributed by atoms with Gasteiger partial charge in [-0.2, -0.15) is 0 Å². The molecular formula is C13H14N2O. The quantitative estimate of drug-likeness (QED) is 0.793. The van der Waals surface area contributed by atoms with E-state index in [0.29, 0.717) is 5.56 Å². The summed E-state index contributed by atoms with van der Waals surface area (Å²) >= 11 is 0. The largest absolute Gasteiger partial charge is 0.367 e. The van der Waals surface area contributed by atoms with E-state index in [2.05, 4.69) is 10.3 Å². The predicted molar refractivity (Wildman–Crippen MR) is 64.7 cm³/mol. The molecule has 16 heavy (non-hydrogen) atoms. The van der Waals surface area contributed by atoms with Crippen molar-refractivity contribution in [1.29, 1.82) is 0 Å². The first-order valence-corrected chi connectivity index (χ1v) is 5.18. The predicted octanol–water partition coefficient (Wildman–Crippen LogP) is 2.88. The summed E-state index contributed by atoms with van der Waals surface area (Å²) in [4.78, 5) is 14.6. The molecule has 3 heteroatoms. The zero-order valence-corrected chi connectivity index (χ0v) is 9.37. The maximum atomic E-state index is 11.7. The van der Waals surface area contributed by atoms with E-state index >= 15 is 0 Å². The van der Waals surface area contributed by atoms with Crippen LogP contribution in [0.25, 0.3) is 0 Å². The van der Waals surface area contributed by atoms with Gasteiger partial charge in [0.05, 0.1) is 5.56 Å². The second-order valence-corrected chi connectivity index (χ2v) is 3.85. The molecule has 2 aromatic rings. The number of carbonyl (C=O) groups excluding carboxylic acids is 1. The lowest BCUT2D eigenvalue weighted by molar-refractivity contribution is 0.102. The Morgan fingerprint density at radius 2 is 2.00 bits per heavy atom. The normalized spacial score (nSPS) is 10.1. The van der Waals surface area contributed by atoms with Crippen molar-refractivity contribution < 1.29 is 4.79 Å². The van der Waals surface area contributed by atoms with Gasteiger partial charge in [-0.25, -0.2) is 0 Å². The summed E-state index contributed by atoms with van der Waals surface area (Å²) in [6.07, 6.45) is 3.41. The Morgan fingerprint density at radius 1 is 1.19 bits per heavy atom. The third-order valence-corrected chi connectivity index (χ3v) is 2.62. The van der Waals surface area contributed by atoms with E-state index in [0.717, 1.165) is 5.69 Å². The number of hydrogen-bond donors (Lipinski definition) is 2. The smallest absolute Gasteiger partial charge is 0.257 e. The van der Waals surface area contributed by atoms with Crippen LogP contribution in [0.2, 0.25) is 0 Å². The van der Waals surface area contributed by atoms with Gasteiger partial charge in [-0.1, -0.05) is 6.07 Å². The van der Waals surface area contributed by atoms with Crippen LogP contribution in [-0.2, 0) is 0 Å². The van der Waals surface area contributed by atoms with Crippen LogP contribution in [-0.4, -0.2) is 10.9 Å². The average Bonchev–Trinajstić information content (AvgIpc) is 2.77. The molecule has 0 bridgehead atoms. The Kier molecular flexibility index (Phi) is 2.77. The first-order chi connectivity index (χ1) is 7.66. The number of aromatic amines is 1. The Balaban J connectivity index is 2.15. The summed E-state index contributed by atoms with van der Waals surface area (Å²) < 4.78 is 0. The summed E-state index contributed by atoms with van der Waals surface area (Å²) in [5.74, 6) is -0.0931. The van der Waals surface area contributed by atoms with Gasteiger partial charge in [0, 0.05) is 18.1 Å². The van der Waals surface area contributed by atoms with Gasteiger partial charge in [-0.15, -0.1) is 0 Å². The van der Waals surface area contributed by atoms with Crippen molar-refractivity contribution in [2.75, 3.05) is 5.32 Å². The molecule has 3 nitrogen and oxygen atoms in total. The summed E-state index contributed by atoms with van der Waals surface area (Å²) in [6, 6.07) is 7.63. The second kappa shape index (κ2) is 4.23. The highest BCUT2D eigenvalue weighted by molar-refractivity contribution is 6.04. The number of aryl methyl sites for hydroxylation is 2. The highest BCUT2D eigenvalue weighted by Crippen LogP contribution is 2.15. The summed E-state index contributed by atoms with van der Waals surface area (Å²) in [6.45, 7) is 4.08. The van der Waals surface area contributed by atoms with E-state index in [-0.39, 0.29) is 5.91 Å². The lowest BCUT2D eigenvalue weighted by atomic mass is 10.1. The van der Waals surface area contributed by atoms with E-state index in [4.69, 9.17) is 0 Å². The molecule has 0 aliphatic rings. The van der Waals surface area contributed by atoms with Gasteiger partial charge >= 0.3 is 0 Å². The van der Waals surface area contributed by atoms with Gasteiger partial charge in [-0.05, 0) is 43.2 Å². The fraction of sp³-hybridized carbons (Fsp3) is 0.154. The summed E-state index contributed by atoms with van der Waals surface area (Å²) in [7, 11) is 0. The first kappa shape index (κ1) is 10.5. The van der Waals surface area contributed by atoms with Crippen molar-refractivity contribution >= 4 is 11.6 Å². The Labute approximate surface area is 94.5 Å². The molecule has 0 saturated heterocycles. The summed E-state index contributed by atoms with van der Waals surface area (Å²) in [5.41, 5.74) is 3.86. The number of benzene rings is 1. The summed E-state index contributed by atoms with van der Waals surface area (Å²) in [5, 5.41) is 2.85. The molecule has 82 valence electrons. The standard InChI is InChI=1S/C13H14N2O/c1-9-3-4-12(7-10(9)2)15-13(16)11-5-6-14-8-11/h3-8,14H,1-2H3,(H,15,16). The number of anilines is 1. The molecule has 1 aromatic carbocycles. The second-order valence-electron chi connectivity index (χ2n) is 3.85. The van der Waals surface area contributed by atoms with Crippen LogP contribution in [0.3, 0.4) is 0 Å². The highest BCUT2D eigenvalue weighted by Gasteiger charge is 2.06. The Morgan fingerprint density at radius 3 is 2.62 bits per heavy atom. The Hall–Kier alpha value is -2.03. The lowest BCUT2D eigenvalue weighted by Crippen LogP contribution is -2.10. The maximum absolute atomic E-state index is 11.7. The van der Waals surface area contributed by atoms with Crippen LogP contribution in [0, 0.1) is 13.8 Å². The highest BCUT2D eigenvalue weighted by atomic mass is 16.1. The van der Waals surface area contributed by atoms with Gasteiger partial charge in [0.15, 0.2) is 0 Å². The minimum atomic E-state index is -0.0931. The van der Waals surface area contributed by atoms with E-state index in [1.807, 2.05) is 32.0 Å². The number of aromatic nitrogens is 1. The Bertz CT molecular complexity index is 501. The van der Waals surface area contributed by atoms with Crippen molar-refractivity contribution in [3.63, 3.8) is 0 Å². The molecule has 1 amide bonds. The molecular weight excluding hydrogens is 200 g/mol. The molecule has 0 spiro atoms. The number of carbonyl (C=O) groups is 1. The van der Waals surface area contributed by atoms with Gasteiger partial charge < -0.3 is 10.3 Å². The monoisotopic (exact) mass is 214 g/mol. The fourth-order valence-corrected chi connectivity index (χ4v) is 1.49. The first-order valence-electron chi connectivity index (χ1n) is 5.18. The van der Waals surface area contributed by atoms with Crippen molar-refractivity contribution in [3.05, 3.63) is 53.3 Å². The SMILES string of the molecule is Cc1ccc(NC(=O)c2cc[nH]c2)cc1C. The zero-order valence-electron chi connectivity index (χ0n) is 9.37. The van der Waals surface area contributed by atoms with Crippen molar-refractivity contribution in [3.8, 4) is 0 Å². The molecule has 1 heterocycles. The minimum Gasteiger partial charge on any atom is -0.367 e. The number of hydrogen-bond acceptors (Lipinski definition) is 1. The van der Waals surface area contributed by atoms with Crippen LogP contribution in [0.1, 0.15) is 21.5 Å².